The van der Waals surface area contributed by atoms with E-state index in [1.165, 1.54) is 50.4 Å². The van der Waals surface area contributed by atoms with Crippen LogP contribution in [-0.4, -0.2) is 73.0 Å². The lowest BCUT2D eigenvalue weighted by Gasteiger charge is -2.41. The number of hydrogen-bond acceptors (Lipinski definition) is 7. The molecule has 8 nitrogen and oxygen atoms in total. The second kappa shape index (κ2) is 28.4. The molecule has 370 valence electrons. The van der Waals surface area contributed by atoms with Gasteiger partial charge in [0.05, 0.1) is 32.5 Å². The van der Waals surface area contributed by atoms with Gasteiger partial charge in [0.1, 0.15) is 13.2 Å². The summed E-state index contributed by atoms with van der Waals surface area (Å²) in [6.45, 7) is 4.94. The molecule has 3 N–H and O–H groups in total. The largest absolute Gasteiger partial charge is 0.480 e. The third kappa shape index (κ3) is 18.9. The van der Waals surface area contributed by atoms with Gasteiger partial charge in [0.25, 0.3) is 0 Å². The van der Waals surface area contributed by atoms with Gasteiger partial charge >= 0.3 is 11.9 Å². The topological polar surface area (TPSA) is 123 Å². The first-order chi connectivity index (χ1) is 33.4. The minimum atomic E-state index is -0.944. The zero-order valence-corrected chi connectivity index (χ0v) is 41.6. The molecule has 0 aliphatic heterocycles. The Hall–Kier alpha value is -5.22. The number of carboxylic acids is 1. The second-order valence-electron chi connectivity index (χ2n) is 20.1. The number of aliphatic carboxylic acids is 1. The van der Waals surface area contributed by atoms with Crippen molar-refractivity contribution in [2.75, 3.05) is 33.5 Å². The molecule has 69 heavy (non-hydrogen) atoms. The Morgan fingerprint density at radius 3 is 1.43 bits per heavy atom. The fourth-order valence-corrected chi connectivity index (χ4v) is 10.1. The van der Waals surface area contributed by atoms with Crippen molar-refractivity contribution in [2.24, 2.45) is 21.7 Å². The molecule has 4 saturated carbocycles. The van der Waals surface area contributed by atoms with Crippen molar-refractivity contribution >= 4 is 11.9 Å². The van der Waals surface area contributed by atoms with Gasteiger partial charge < -0.3 is 29.5 Å². The molecule has 0 bridgehead atoms. The van der Waals surface area contributed by atoms with E-state index in [0.717, 1.165) is 94.6 Å². The maximum atomic E-state index is 11.2. The molecule has 0 spiro atoms. The maximum absolute atomic E-state index is 11.2. The van der Waals surface area contributed by atoms with Crippen LogP contribution in [-0.2, 0) is 23.8 Å². The second-order valence-corrected chi connectivity index (χ2v) is 20.1. The molecule has 0 amide bonds. The van der Waals surface area contributed by atoms with E-state index >= 15 is 0 Å². The molecule has 0 saturated heterocycles. The van der Waals surface area contributed by atoms with Gasteiger partial charge in [0.15, 0.2) is 0 Å². The third-order valence-electron chi connectivity index (χ3n) is 14.7. The van der Waals surface area contributed by atoms with Crippen LogP contribution in [0.2, 0.25) is 0 Å². The van der Waals surface area contributed by atoms with Crippen LogP contribution < -0.4 is 0 Å². The zero-order chi connectivity index (χ0) is 49.3. The van der Waals surface area contributed by atoms with Gasteiger partial charge in [-0.2, -0.15) is 0 Å². The molecule has 4 aliphatic rings. The van der Waals surface area contributed by atoms with Crippen LogP contribution in [0, 0.1) is 45.3 Å². The molecule has 4 aliphatic carbocycles. The van der Waals surface area contributed by atoms with Crippen molar-refractivity contribution in [2.45, 2.75) is 142 Å². The minimum Gasteiger partial charge on any atom is -0.480 e. The number of methoxy groups -OCH3 is 1. The van der Waals surface area contributed by atoms with E-state index < -0.39 is 18.2 Å². The molecule has 0 aromatic heterocycles. The van der Waals surface area contributed by atoms with Gasteiger partial charge in [-0.15, -0.1) is 0 Å². The smallest absolute Gasteiger partial charge is 0.331 e. The highest BCUT2D eigenvalue weighted by Crippen LogP contribution is 2.49. The number of benzene rings is 2. The molecule has 0 heterocycles. The van der Waals surface area contributed by atoms with Crippen molar-refractivity contribution < 1.29 is 39.1 Å². The number of aliphatic hydroxyl groups is 2. The zero-order valence-electron chi connectivity index (χ0n) is 41.6. The highest BCUT2D eigenvalue weighted by molar-refractivity contribution is 5.70. The first-order valence-corrected chi connectivity index (χ1v) is 25.3. The summed E-state index contributed by atoms with van der Waals surface area (Å²) in [5.41, 5.74) is 4.95. The predicted molar refractivity (Wildman–Crippen MR) is 277 cm³/mol. The summed E-state index contributed by atoms with van der Waals surface area (Å²) < 4.78 is 15.2. The fraction of sp³-hybridized carbons (Fsp3) is 0.508. The molecular weight excluding hydrogens is 861 g/mol. The SMILES string of the molecule is COC(=O)COC/C=C1\CCCC[C@@]1(C)/C=C/C=C/C(O)CC1(CC#Cc2ccccc2)CCC1.C[C@@]1(/C=C/C=C/C(O)CC2(CC#Cc3ccccc3)CCC2)CCCC/C1=C\COCC(=O)O. The van der Waals surface area contributed by atoms with Crippen LogP contribution in [0.5, 0.6) is 0 Å². The highest BCUT2D eigenvalue weighted by Gasteiger charge is 2.38. The Bertz CT molecular complexity index is 2220. The van der Waals surface area contributed by atoms with E-state index in [1.54, 1.807) is 0 Å². The number of rotatable bonds is 20. The Labute approximate surface area is 413 Å². The molecule has 4 atom stereocenters. The molecule has 2 aromatic carbocycles. The average molecular weight is 939 g/mol. The first-order valence-electron chi connectivity index (χ1n) is 25.3. The van der Waals surface area contributed by atoms with Crippen molar-refractivity contribution in [1.82, 2.24) is 0 Å². The van der Waals surface area contributed by atoms with Gasteiger partial charge in [-0.25, -0.2) is 9.59 Å². The number of allylic oxidation sites excluding steroid dienone is 8. The maximum Gasteiger partial charge on any atom is 0.331 e. The van der Waals surface area contributed by atoms with Gasteiger partial charge in [-0.1, -0.05) is 172 Å². The quantitative estimate of drug-likeness (QED) is 0.0394. The lowest BCUT2D eigenvalue weighted by atomic mass is 9.64. The standard InChI is InChI=1S/C31H40O4.C30H38O4/c1-30(18-8-6-15-27(30)17-23-35-25-29(33)34-2)19-9-7-16-28(32)24-31(21-11-22-31)20-10-14-26-12-4-3-5-13-26;1-29(17-7-5-14-26(29)16-22-34-24-28(32)33)18-8-6-15-27(31)23-30(20-10-21-30)19-9-13-25-11-3-2-4-12-25/h3-5,7,9,12-13,16-17,19,28,32H,6,8,11,15,18,20-25H2,1-2H3;2-4,6,8,11-12,15-16,18,27,31H,5,7,10,14,17,19-24H2,1H3,(H,32,33)/b16-7+,19-9+,27-17+;15-6+,18-8+,26-16+/t28?,30-;27?,29-/m00/s1. The van der Waals surface area contributed by atoms with Crippen molar-refractivity contribution in [3.63, 3.8) is 0 Å². The normalized spacial score (nSPS) is 23.8. The van der Waals surface area contributed by atoms with E-state index in [9.17, 15) is 19.8 Å². The molecular formula is C61H78O8. The van der Waals surface area contributed by atoms with Crippen LogP contribution in [0.25, 0.3) is 0 Å². The van der Waals surface area contributed by atoms with Gasteiger partial charge in [0, 0.05) is 34.8 Å². The monoisotopic (exact) mass is 939 g/mol. The first kappa shape index (κ1) is 54.7. The van der Waals surface area contributed by atoms with Crippen LogP contribution in [0.4, 0.5) is 0 Å². The summed E-state index contributed by atoms with van der Waals surface area (Å²) in [5.74, 6) is 11.9. The predicted octanol–water partition coefficient (Wildman–Crippen LogP) is 12.2. The Morgan fingerprint density at radius 2 is 1.04 bits per heavy atom. The summed E-state index contributed by atoms with van der Waals surface area (Å²) in [4.78, 5) is 21.9. The lowest BCUT2D eigenvalue weighted by molar-refractivity contribution is -0.145. The Kier molecular flexibility index (Phi) is 22.6. The lowest BCUT2D eigenvalue weighted by Crippen LogP contribution is -2.32. The number of carboxylic acid groups (broad SMARTS) is 1. The van der Waals surface area contributed by atoms with E-state index in [2.05, 4.69) is 66.6 Å². The number of ether oxygens (including phenoxy) is 3. The third-order valence-corrected chi connectivity index (χ3v) is 14.7. The number of carbonyl (C=O) groups excluding carboxylic acids is 1. The summed E-state index contributed by atoms with van der Waals surface area (Å²) in [6, 6.07) is 20.2. The van der Waals surface area contributed by atoms with Gasteiger partial charge in [-0.3, -0.25) is 0 Å². The summed E-state index contributed by atoms with van der Waals surface area (Å²) in [6.07, 6.45) is 38.6. The number of hydrogen-bond donors (Lipinski definition) is 3. The molecule has 0 radical (unpaired) electrons. The van der Waals surface area contributed by atoms with Crippen molar-refractivity contribution in [1.29, 1.82) is 0 Å². The van der Waals surface area contributed by atoms with Crippen molar-refractivity contribution in [3.05, 3.63) is 144 Å². The number of carbonyl (C=O) groups is 2. The molecule has 2 unspecified atom stereocenters. The van der Waals surface area contributed by atoms with Crippen LogP contribution >= 0.6 is 0 Å². The average Bonchev–Trinajstić information content (AvgIpc) is 3.32. The van der Waals surface area contributed by atoms with E-state index in [-0.39, 0.29) is 40.8 Å². The molecule has 6 rings (SSSR count). The van der Waals surface area contributed by atoms with Gasteiger partial charge in [-0.05, 0) is 112 Å². The van der Waals surface area contributed by atoms with E-state index in [4.69, 9.17) is 14.6 Å². The Morgan fingerprint density at radius 1 is 0.609 bits per heavy atom. The summed E-state index contributed by atoms with van der Waals surface area (Å²) in [7, 11) is 1.36. The van der Waals surface area contributed by atoms with E-state index in [0.29, 0.717) is 13.2 Å². The minimum absolute atomic E-state index is 0.0210. The highest BCUT2D eigenvalue weighted by atomic mass is 16.6. The van der Waals surface area contributed by atoms with Crippen LogP contribution in [0.3, 0.4) is 0 Å². The van der Waals surface area contributed by atoms with Crippen molar-refractivity contribution in [3.8, 4) is 23.7 Å². The number of esters is 1. The molecule has 8 heteroatoms. The van der Waals surface area contributed by atoms with Crippen LogP contribution in [0.15, 0.2) is 133 Å². The fourth-order valence-electron chi connectivity index (χ4n) is 10.1. The molecule has 4 fully saturated rings. The van der Waals surface area contributed by atoms with E-state index in [1.807, 2.05) is 97.1 Å². The summed E-state index contributed by atoms with van der Waals surface area (Å²) in [5, 5.41) is 30.1. The summed E-state index contributed by atoms with van der Waals surface area (Å²) >= 11 is 0. The molecule has 2 aromatic rings. The van der Waals surface area contributed by atoms with Crippen LogP contribution in [0.1, 0.15) is 141 Å². The number of aliphatic hydroxyl groups excluding tert-OH is 2. The Balaban J connectivity index is 0.000000258. The van der Waals surface area contributed by atoms with Gasteiger partial charge in [0.2, 0.25) is 0 Å².